The van der Waals surface area contributed by atoms with E-state index in [4.69, 9.17) is 15.5 Å². The van der Waals surface area contributed by atoms with Crippen molar-refractivity contribution in [3.63, 3.8) is 0 Å². The van der Waals surface area contributed by atoms with Crippen LogP contribution in [0.4, 0.5) is 0 Å². The summed E-state index contributed by atoms with van der Waals surface area (Å²) < 4.78 is 5.10. The fourth-order valence-electron chi connectivity index (χ4n) is 0.553. The number of oxime groups is 1. The van der Waals surface area contributed by atoms with Crippen LogP contribution in [-0.2, 0) is 14.4 Å². The lowest BCUT2D eigenvalue weighted by molar-refractivity contribution is 0.0154. The quantitative estimate of drug-likeness (QED) is 0.381. The molecule has 0 aliphatic carbocycles. The monoisotopic (exact) mass is 204 g/mol. The predicted molar refractivity (Wildman–Crippen MR) is 54.9 cm³/mol. The van der Waals surface area contributed by atoms with E-state index in [0.29, 0.717) is 26.4 Å². The van der Waals surface area contributed by atoms with Crippen LogP contribution in [0.15, 0.2) is 5.16 Å². The first-order valence-electron chi connectivity index (χ1n) is 4.62. The molecular weight excluding hydrogens is 184 g/mol. The standard InChI is InChI=1S/C9H20N2O3/c1-9(2,3)8-11-14-7-5-12-4-6-13-10/h8H,4-7,10H2,1-3H3/b11-8+. The average molecular weight is 204 g/mol. The van der Waals surface area contributed by atoms with E-state index in [-0.39, 0.29) is 5.41 Å². The molecule has 0 atom stereocenters. The third-order valence-corrected chi connectivity index (χ3v) is 1.18. The number of hydrogen-bond donors (Lipinski definition) is 1. The van der Waals surface area contributed by atoms with Gasteiger partial charge in [0.15, 0.2) is 0 Å². The van der Waals surface area contributed by atoms with Crippen molar-refractivity contribution < 1.29 is 14.4 Å². The summed E-state index contributed by atoms with van der Waals surface area (Å²) in [6.45, 7) is 7.95. The van der Waals surface area contributed by atoms with E-state index in [0.717, 1.165) is 0 Å². The molecule has 0 rings (SSSR count). The first kappa shape index (κ1) is 13.4. The largest absolute Gasteiger partial charge is 0.394 e. The van der Waals surface area contributed by atoms with Crippen molar-refractivity contribution in [3.8, 4) is 0 Å². The third kappa shape index (κ3) is 11.4. The Morgan fingerprint density at radius 2 is 1.79 bits per heavy atom. The van der Waals surface area contributed by atoms with E-state index in [9.17, 15) is 0 Å². The Hall–Kier alpha value is -0.650. The van der Waals surface area contributed by atoms with Crippen molar-refractivity contribution in [2.75, 3.05) is 26.4 Å². The second-order valence-electron chi connectivity index (χ2n) is 3.92. The second kappa shape index (κ2) is 7.73. The first-order chi connectivity index (χ1) is 6.56. The van der Waals surface area contributed by atoms with Crippen molar-refractivity contribution >= 4 is 6.21 Å². The van der Waals surface area contributed by atoms with Gasteiger partial charge in [-0.1, -0.05) is 25.9 Å². The van der Waals surface area contributed by atoms with Crippen LogP contribution in [-0.4, -0.2) is 32.6 Å². The molecule has 0 radical (unpaired) electrons. The molecule has 5 nitrogen and oxygen atoms in total. The van der Waals surface area contributed by atoms with E-state index < -0.39 is 0 Å². The number of rotatable bonds is 7. The van der Waals surface area contributed by atoms with E-state index in [1.54, 1.807) is 6.21 Å². The summed E-state index contributed by atoms with van der Waals surface area (Å²) in [6.07, 6.45) is 1.76. The molecule has 0 bridgehead atoms. The zero-order chi connectivity index (χ0) is 10.9. The molecule has 0 aromatic heterocycles. The molecule has 0 aromatic rings. The normalized spacial score (nSPS) is 12.3. The van der Waals surface area contributed by atoms with Gasteiger partial charge in [0.1, 0.15) is 6.61 Å². The summed E-state index contributed by atoms with van der Waals surface area (Å²) in [6, 6.07) is 0. The van der Waals surface area contributed by atoms with Gasteiger partial charge < -0.3 is 14.4 Å². The fourth-order valence-corrected chi connectivity index (χ4v) is 0.553. The minimum absolute atomic E-state index is 0.0498. The Morgan fingerprint density at radius 3 is 2.36 bits per heavy atom. The van der Waals surface area contributed by atoms with Crippen LogP contribution >= 0.6 is 0 Å². The number of hydrogen-bond acceptors (Lipinski definition) is 5. The highest BCUT2D eigenvalue weighted by molar-refractivity contribution is 5.63. The molecule has 0 unspecified atom stereocenters. The zero-order valence-corrected chi connectivity index (χ0v) is 9.16. The molecule has 2 N–H and O–H groups in total. The van der Waals surface area contributed by atoms with E-state index in [1.165, 1.54) is 0 Å². The van der Waals surface area contributed by atoms with Crippen LogP contribution in [0.5, 0.6) is 0 Å². The summed E-state index contributed by atoms with van der Waals surface area (Å²) in [5.41, 5.74) is 0.0498. The van der Waals surface area contributed by atoms with Crippen molar-refractivity contribution in [2.24, 2.45) is 16.5 Å². The van der Waals surface area contributed by atoms with E-state index >= 15 is 0 Å². The van der Waals surface area contributed by atoms with Crippen LogP contribution in [0.1, 0.15) is 20.8 Å². The summed E-state index contributed by atoms with van der Waals surface area (Å²) in [5.74, 6) is 4.80. The molecule has 0 heterocycles. The van der Waals surface area contributed by atoms with Gasteiger partial charge in [-0.05, 0) is 0 Å². The smallest absolute Gasteiger partial charge is 0.140 e. The van der Waals surface area contributed by atoms with Crippen LogP contribution < -0.4 is 5.90 Å². The highest BCUT2D eigenvalue weighted by atomic mass is 16.6. The lowest BCUT2D eigenvalue weighted by Crippen LogP contribution is -2.11. The number of nitrogens with zero attached hydrogens (tertiary/aromatic N) is 1. The Labute approximate surface area is 85.1 Å². The molecule has 0 saturated carbocycles. The van der Waals surface area contributed by atoms with Crippen LogP contribution in [0.2, 0.25) is 0 Å². The first-order valence-corrected chi connectivity index (χ1v) is 4.62. The van der Waals surface area contributed by atoms with Crippen LogP contribution in [0, 0.1) is 5.41 Å². The van der Waals surface area contributed by atoms with Gasteiger partial charge >= 0.3 is 0 Å². The van der Waals surface area contributed by atoms with Gasteiger partial charge in [-0.2, -0.15) is 0 Å². The molecule has 5 heteroatoms. The highest BCUT2D eigenvalue weighted by Gasteiger charge is 2.04. The maximum absolute atomic E-state index is 5.10. The van der Waals surface area contributed by atoms with Gasteiger partial charge in [0, 0.05) is 11.6 Å². The zero-order valence-electron chi connectivity index (χ0n) is 9.16. The Balaban J connectivity index is 3.17. The number of ether oxygens (including phenoxy) is 1. The van der Waals surface area contributed by atoms with Gasteiger partial charge in [-0.15, -0.1) is 0 Å². The summed E-state index contributed by atoms with van der Waals surface area (Å²) in [4.78, 5) is 9.28. The molecule has 0 fully saturated rings. The van der Waals surface area contributed by atoms with Crippen LogP contribution in [0.25, 0.3) is 0 Å². The van der Waals surface area contributed by atoms with Crippen molar-refractivity contribution in [3.05, 3.63) is 0 Å². The van der Waals surface area contributed by atoms with Gasteiger partial charge in [0.05, 0.1) is 19.8 Å². The molecule has 14 heavy (non-hydrogen) atoms. The Kier molecular flexibility index (Phi) is 7.37. The molecule has 84 valence electrons. The molecular formula is C9H20N2O3. The topological polar surface area (TPSA) is 66.1 Å². The summed E-state index contributed by atoms with van der Waals surface area (Å²) in [5, 5.41) is 3.80. The molecule has 0 aliphatic rings. The third-order valence-electron chi connectivity index (χ3n) is 1.18. The van der Waals surface area contributed by atoms with E-state index in [2.05, 4.69) is 30.8 Å². The Morgan fingerprint density at radius 1 is 1.14 bits per heavy atom. The van der Waals surface area contributed by atoms with Crippen molar-refractivity contribution in [2.45, 2.75) is 20.8 Å². The van der Waals surface area contributed by atoms with Crippen molar-refractivity contribution in [1.29, 1.82) is 0 Å². The molecule has 0 aliphatic heterocycles. The summed E-state index contributed by atoms with van der Waals surface area (Å²) in [7, 11) is 0. The van der Waals surface area contributed by atoms with Crippen molar-refractivity contribution in [1.82, 2.24) is 0 Å². The van der Waals surface area contributed by atoms with Gasteiger partial charge in [0.25, 0.3) is 0 Å². The molecule has 0 amide bonds. The van der Waals surface area contributed by atoms with Gasteiger partial charge in [-0.3, -0.25) is 0 Å². The summed E-state index contributed by atoms with van der Waals surface area (Å²) >= 11 is 0. The van der Waals surface area contributed by atoms with Gasteiger partial charge in [0.2, 0.25) is 0 Å². The van der Waals surface area contributed by atoms with Gasteiger partial charge in [-0.25, -0.2) is 5.90 Å². The Bertz CT molecular complexity index is 155. The second-order valence-corrected chi connectivity index (χ2v) is 3.92. The average Bonchev–Trinajstić information content (AvgIpc) is 2.08. The minimum atomic E-state index is 0.0498. The lowest BCUT2D eigenvalue weighted by atomic mass is 10.00. The minimum Gasteiger partial charge on any atom is -0.394 e. The predicted octanol–water partition coefficient (Wildman–Crippen LogP) is 0.942. The lowest BCUT2D eigenvalue weighted by Gasteiger charge is -2.09. The SMILES string of the molecule is CC(C)(C)/C=N/OCCOCCON. The fraction of sp³-hybridized carbons (Fsp3) is 0.889. The number of nitrogens with two attached hydrogens (primary N) is 1. The highest BCUT2D eigenvalue weighted by Crippen LogP contribution is 2.07. The molecule has 0 saturated heterocycles. The molecule has 0 spiro atoms. The van der Waals surface area contributed by atoms with E-state index in [1.807, 2.05) is 0 Å². The maximum Gasteiger partial charge on any atom is 0.140 e. The molecule has 0 aromatic carbocycles. The van der Waals surface area contributed by atoms with Crippen LogP contribution in [0.3, 0.4) is 0 Å². The maximum atomic E-state index is 5.10.